The van der Waals surface area contributed by atoms with Gasteiger partial charge in [-0.25, -0.2) is 13.4 Å². The molecule has 0 aliphatic rings. The Bertz CT molecular complexity index is 753. The third kappa shape index (κ3) is 2.58. The number of nitrogens with one attached hydrogen (secondary N) is 2. The molecule has 0 radical (unpaired) electrons. The predicted octanol–water partition coefficient (Wildman–Crippen LogP) is 0.287. The fourth-order valence-corrected chi connectivity index (χ4v) is 2.92. The monoisotopic (exact) mass is 298 g/mol. The van der Waals surface area contributed by atoms with Gasteiger partial charge in [0.15, 0.2) is 0 Å². The highest BCUT2D eigenvalue weighted by atomic mass is 32.2. The van der Waals surface area contributed by atoms with E-state index in [0.29, 0.717) is 16.7 Å². The number of nitrogen functional groups attached to an aromatic ring is 1. The average Bonchev–Trinajstić information content (AvgIpc) is 2.82. The Kier molecular flexibility index (Phi) is 3.64. The maximum atomic E-state index is 12.1. The zero-order valence-corrected chi connectivity index (χ0v) is 11.4. The molecule has 1 aromatic heterocycles. The van der Waals surface area contributed by atoms with Gasteiger partial charge >= 0.3 is 5.97 Å². The number of hydrogen-bond acceptors (Lipinski definition) is 5. The van der Waals surface area contributed by atoms with Gasteiger partial charge < -0.3 is 15.8 Å². The molecule has 9 heteroatoms. The number of fused-ring (bicyclic) bond motifs is 1. The summed E-state index contributed by atoms with van der Waals surface area (Å²) in [5.74, 6) is -1.24. The highest BCUT2D eigenvalue weighted by Crippen LogP contribution is 2.20. The van der Waals surface area contributed by atoms with Crippen molar-refractivity contribution in [1.29, 1.82) is 0 Å². The third-order valence-electron chi connectivity index (χ3n) is 2.78. The second kappa shape index (κ2) is 5.10. The lowest BCUT2D eigenvalue weighted by Gasteiger charge is -2.10. The topological polar surface area (TPSA) is 138 Å². The van der Waals surface area contributed by atoms with Crippen molar-refractivity contribution < 1.29 is 18.3 Å². The van der Waals surface area contributed by atoms with Gasteiger partial charge in [0.05, 0.1) is 11.2 Å². The summed E-state index contributed by atoms with van der Waals surface area (Å²) in [5, 5.41) is 8.53. The predicted molar refractivity (Wildman–Crippen MR) is 72.5 cm³/mol. The van der Waals surface area contributed by atoms with Crippen LogP contribution in [0.4, 0.5) is 5.69 Å². The highest BCUT2D eigenvalue weighted by Gasteiger charge is 2.26. The molecule has 0 aliphatic carbocycles. The molecule has 1 unspecified atom stereocenters. The molecule has 5 N–H and O–H groups in total. The second-order valence-corrected chi connectivity index (χ2v) is 5.83. The molecule has 0 saturated carbocycles. The third-order valence-corrected chi connectivity index (χ3v) is 4.08. The summed E-state index contributed by atoms with van der Waals surface area (Å²) >= 11 is 0. The number of H-pyrrole nitrogens is 1. The largest absolute Gasteiger partial charge is 0.480 e. The number of carbonyl (C=O) groups is 1. The fraction of sp³-hybridized carbons (Fsp3) is 0.273. The first kappa shape index (κ1) is 14.3. The Balaban J connectivity index is 2.42. The number of carboxylic acids is 1. The molecule has 108 valence electrons. The molecule has 2 rings (SSSR count). The van der Waals surface area contributed by atoms with Crippen LogP contribution in [0.25, 0.3) is 11.0 Å². The lowest BCUT2D eigenvalue weighted by Crippen LogP contribution is -2.40. The zero-order valence-electron chi connectivity index (χ0n) is 10.6. The number of aliphatic carboxylic acids is 1. The lowest BCUT2D eigenvalue weighted by atomic mass is 10.2. The Morgan fingerprint density at radius 2 is 2.25 bits per heavy atom. The molecule has 0 bridgehead atoms. The second-order valence-electron chi connectivity index (χ2n) is 4.21. The number of imidazole rings is 1. The van der Waals surface area contributed by atoms with Crippen molar-refractivity contribution in [2.24, 2.45) is 0 Å². The van der Waals surface area contributed by atoms with E-state index in [4.69, 9.17) is 10.8 Å². The van der Waals surface area contributed by atoms with Crippen LogP contribution in [0.5, 0.6) is 0 Å². The van der Waals surface area contributed by atoms with Gasteiger partial charge in [0, 0.05) is 0 Å². The highest BCUT2D eigenvalue weighted by molar-refractivity contribution is 7.89. The molecule has 1 heterocycles. The number of carboxylic acid groups (broad SMARTS) is 1. The number of nitrogens with two attached hydrogens (primary N) is 1. The van der Waals surface area contributed by atoms with Crippen LogP contribution < -0.4 is 10.5 Å². The molecule has 1 aromatic carbocycles. The van der Waals surface area contributed by atoms with Gasteiger partial charge in [0.1, 0.15) is 11.6 Å². The van der Waals surface area contributed by atoms with E-state index in [-0.39, 0.29) is 11.6 Å². The summed E-state index contributed by atoms with van der Waals surface area (Å²) in [5.41, 5.74) is 6.83. The Labute approximate surface area is 115 Å². The van der Waals surface area contributed by atoms with Crippen LogP contribution in [-0.2, 0) is 14.8 Å². The number of hydrogen-bond donors (Lipinski definition) is 4. The quantitative estimate of drug-likeness (QED) is 0.585. The summed E-state index contributed by atoms with van der Waals surface area (Å²) in [6.45, 7) is 1.57. The number of aromatic nitrogens is 2. The van der Waals surface area contributed by atoms with Gasteiger partial charge in [-0.1, -0.05) is 13.0 Å². The van der Waals surface area contributed by atoms with E-state index in [0.717, 1.165) is 0 Å². The number of anilines is 1. The molecule has 0 saturated heterocycles. The molecule has 0 aliphatic heterocycles. The van der Waals surface area contributed by atoms with Crippen LogP contribution in [0.3, 0.4) is 0 Å². The summed E-state index contributed by atoms with van der Waals surface area (Å²) < 4.78 is 26.2. The molecule has 8 nitrogen and oxygen atoms in total. The van der Waals surface area contributed by atoms with E-state index >= 15 is 0 Å². The molecule has 2 aromatic rings. The van der Waals surface area contributed by atoms with Crippen molar-refractivity contribution in [3.8, 4) is 0 Å². The minimum Gasteiger partial charge on any atom is -0.480 e. The van der Waals surface area contributed by atoms with Crippen molar-refractivity contribution in [1.82, 2.24) is 14.7 Å². The van der Waals surface area contributed by atoms with Gasteiger partial charge in [-0.15, -0.1) is 0 Å². The first-order valence-corrected chi connectivity index (χ1v) is 7.33. The Morgan fingerprint density at radius 1 is 1.55 bits per heavy atom. The van der Waals surface area contributed by atoms with Crippen LogP contribution in [0.2, 0.25) is 0 Å². The average molecular weight is 298 g/mol. The number of para-hydroxylation sites is 1. The number of benzene rings is 1. The Morgan fingerprint density at radius 3 is 2.80 bits per heavy atom. The van der Waals surface area contributed by atoms with Crippen molar-refractivity contribution >= 4 is 32.7 Å². The van der Waals surface area contributed by atoms with Crippen molar-refractivity contribution in [2.45, 2.75) is 24.5 Å². The van der Waals surface area contributed by atoms with Crippen LogP contribution in [0, 0.1) is 0 Å². The van der Waals surface area contributed by atoms with E-state index in [1.54, 1.807) is 25.1 Å². The maximum absolute atomic E-state index is 12.1. The van der Waals surface area contributed by atoms with E-state index in [9.17, 15) is 13.2 Å². The summed E-state index contributed by atoms with van der Waals surface area (Å²) in [4.78, 5) is 17.4. The molecule has 0 spiro atoms. The van der Waals surface area contributed by atoms with Gasteiger partial charge in [-0.05, 0) is 18.6 Å². The van der Waals surface area contributed by atoms with Crippen molar-refractivity contribution in [2.75, 3.05) is 5.73 Å². The summed E-state index contributed by atoms with van der Waals surface area (Å²) in [7, 11) is -4.05. The minimum atomic E-state index is -4.05. The standard InChI is InChI=1S/C11H14N4O4S/c1-2-7(10(16)17)15-20(18,19)11-13-8-5-3-4-6(12)9(8)14-11/h3-5,7,15H,2,12H2,1H3,(H,13,14)(H,16,17). The van der Waals surface area contributed by atoms with Gasteiger partial charge in [0.25, 0.3) is 10.0 Å². The van der Waals surface area contributed by atoms with Gasteiger partial charge in [-0.3, -0.25) is 4.79 Å². The maximum Gasteiger partial charge on any atom is 0.321 e. The summed E-state index contributed by atoms with van der Waals surface area (Å²) in [6.07, 6.45) is 0.122. The minimum absolute atomic E-state index is 0.122. The van der Waals surface area contributed by atoms with Crippen LogP contribution in [-0.4, -0.2) is 35.5 Å². The fourth-order valence-electron chi connectivity index (χ4n) is 1.71. The molecule has 0 fully saturated rings. The van der Waals surface area contributed by atoms with Crippen molar-refractivity contribution in [3.05, 3.63) is 18.2 Å². The zero-order chi connectivity index (χ0) is 14.9. The lowest BCUT2D eigenvalue weighted by molar-refractivity contribution is -0.139. The smallest absolute Gasteiger partial charge is 0.321 e. The first-order valence-electron chi connectivity index (χ1n) is 5.84. The SMILES string of the molecule is CCC(NS(=O)(=O)c1nc2c(N)cccc2[nH]1)C(=O)O. The van der Waals surface area contributed by atoms with Gasteiger partial charge in [0.2, 0.25) is 5.16 Å². The van der Waals surface area contributed by atoms with E-state index in [2.05, 4.69) is 14.7 Å². The van der Waals surface area contributed by atoms with Crippen molar-refractivity contribution in [3.63, 3.8) is 0 Å². The molecular formula is C11H14N4O4S. The number of nitrogens with zero attached hydrogens (tertiary/aromatic N) is 1. The molecular weight excluding hydrogens is 284 g/mol. The number of sulfonamides is 1. The summed E-state index contributed by atoms with van der Waals surface area (Å²) in [6, 6.07) is 3.68. The normalized spacial score (nSPS) is 13.4. The van der Waals surface area contributed by atoms with E-state index in [1.165, 1.54) is 0 Å². The molecule has 0 amide bonds. The van der Waals surface area contributed by atoms with E-state index < -0.39 is 22.0 Å². The first-order chi connectivity index (χ1) is 9.35. The molecule has 20 heavy (non-hydrogen) atoms. The number of aromatic amines is 1. The van der Waals surface area contributed by atoms with Crippen LogP contribution >= 0.6 is 0 Å². The van der Waals surface area contributed by atoms with Crippen LogP contribution in [0.15, 0.2) is 23.4 Å². The Hall–Kier alpha value is -2.13. The molecule has 1 atom stereocenters. The van der Waals surface area contributed by atoms with E-state index in [1.807, 2.05) is 0 Å². The van der Waals surface area contributed by atoms with Crippen LogP contribution in [0.1, 0.15) is 13.3 Å². The van der Waals surface area contributed by atoms with Gasteiger partial charge in [-0.2, -0.15) is 4.72 Å². The number of rotatable bonds is 5.